The highest BCUT2D eigenvalue weighted by Gasteiger charge is 2.00. The minimum atomic E-state index is -0.671. The van der Waals surface area contributed by atoms with Gasteiger partial charge < -0.3 is 9.62 Å². The number of thioether (sulfide) groups is 1. The van der Waals surface area contributed by atoms with Crippen molar-refractivity contribution in [3.05, 3.63) is 0 Å². The number of aliphatic imine (C=N–C) groups is 2. The molecule has 0 N–H and O–H groups in total. The Hall–Kier alpha value is -1.08. The normalized spacial score (nSPS) is 11.8. The maximum atomic E-state index is 10.9. The number of carbonyl (C=O) groups excluding carboxylic acids is 1. The number of nitrogens with zero attached hydrogens (tertiary/aromatic N) is 2. The number of rotatable bonds is 4. The van der Waals surface area contributed by atoms with Crippen LogP contribution in [0.2, 0.25) is 0 Å². The fraction of sp³-hybridized carbons (Fsp3) is 0.625. The fourth-order valence-electron chi connectivity index (χ4n) is 0.526. The number of hydrogen-bond acceptors (Lipinski definition) is 5. The second kappa shape index (κ2) is 9.47. The quantitative estimate of drug-likeness (QED) is 0.244. The van der Waals surface area contributed by atoms with Crippen LogP contribution in [0.3, 0.4) is 0 Å². The van der Waals surface area contributed by atoms with E-state index in [0.717, 1.165) is 6.40 Å². The van der Waals surface area contributed by atoms with Crippen LogP contribution in [0.5, 0.6) is 0 Å². The molecule has 0 saturated heterocycles. The van der Waals surface area contributed by atoms with Gasteiger partial charge in [0, 0.05) is 0 Å². The predicted octanol–water partition coefficient (Wildman–Crippen LogP) is 1.86. The number of ether oxygens (including phenoxy) is 1. The van der Waals surface area contributed by atoms with E-state index in [1.807, 2.05) is 0 Å². The molecule has 7 heteroatoms. The summed E-state index contributed by atoms with van der Waals surface area (Å²) in [5, 5.41) is 0.244. The predicted molar refractivity (Wildman–Crippen MR) is 59.2 cm³/mol. The molecule has 0 aromatic rings. The second-order valence-corrected chi connectivity index (χ2v) is 2.81. The average molecular weight is 234 g/mol. The van der Waals surface area contributed by atoms with Crippen molar-refractivity contribution in [1.29, 1.82) is 0 Å². The average Bonchev–Trinajstić information content (AvgIpc) is 2.23. The lowest BCUT2D eigenvalue weighted by molar-refractivity contribution is -0.211. The number of amides is 1. The van der Waals surface area contributed by atoms with Crippen LogP contribution in [0.4, 0.5) is 4.79 Å². The second-order valence-electron chi connectivity index (χ2n) is 2.03. The van der Waals surface area contributed by atoms with Crippen LogP contribution < -0.4 is 0 Å². The molecule has 0 aromatic carbocycles. The highest BCUT2D eigenvalue weighted by molar-refractivity contribution is 8.13. The van der Waals surface area contributed by atoms with Crippen molar-refractivity contribution in [1.82, 2.24) is 0 Å². The summed E-state index contributed by atoms with van der Waals surface area (Å²) >= 11 is 1.20. The van der Waals surface area contributed by atoms with E-state index in [0.29, 0.717) is 6.61 Å². The summed E-state index contributed by atoms with van der Waals surface area (Å²) in [4.78, 5) is 27.3. The van der Waals surface area contributed by atoms with Crippen molar-refractivity contribution < 1.29 is 19.3 Å². The summed E-state index contributed by atoms with van der Waals surface area (Å²) in [6.07, 6.45) is 2.13. The maximum absolute atomic E-state index is 10.9. The van der Waals surface area contributed by atoms with Crippen molar-refractivity contribution in [2.75, 3.05) is 19.5 Å². The summed E-state index contributed by atoms with van der Waals surface area (Å²) < 4.78 is 4.62. The zero-order valence-corrected chi connectivity index (χ0v) is 9.74. The zero-order valence-electron chi connectivity index (χ0n) is 8.93. The van der Waals surface area contributed by atoms with Crippen molar-refractivity contribution >= 4 is 29.4 Å². The van der Waals surface area contributed by atoms with Gasteiger partial charge in [0.25, 0.3) is 0 Å². The SMILES string of the molecule is CCOO/C=N/C(=N/C(=O)OCC)SC. The lowest BCUT2D eigenvalue weighted by Gasteiger charge is -1.97. The Balaban J connectivity index is 4.10. The van der Waals surface area contributed by atoms with E-state index < -0.39 is 6.09 Å². The van der Waals surface area contributed by atoms with Crippen LogP contribution in [-0.2, 0) is 14.5 Å². The Morgan fingerprint density at radius 3 is 2.67 bits per heavy atom. The van der Waals surface area contributed by atoms with Crippen molar-refractivity contribution in [2.45, 2.75) is 13.8 Å². The van der Waals surface area contributed by atoms with Crippen molar-refractivity contribution in [3.63, 3.8) is 0 Å². The molecular formula is C8H14N2O4S. The summed E-state index contributed by atoms with van der Waals surface area (Å²) in [7, 11) is 0. The maximum Gasteiger partial charge on any atom is 0.436 e. The molecule has 0 atom stereocenters. The topological polar surface area (TPSA) is 69.5 Å². The number of hydrogen-bond donors (Lipinski definition) is 0. The molecule has 0 fully saturated rings. The van der Waals surface area contributed by atoms with Crippen molar-refractivity contribution in [3.8, 4) is 0 Å². The van der Waals surface area contributed by atoms with E-state index in [9.17, 15) is 4.79 Å². The molecule has 0 saturated carbocycles. The monoisotopic (exact) mass is 234 g/mol. The summed E-state index contributed by atoms with van der Waals surface area (Å²) in [5.74, 6) is 0. The van der Waals surface area contributed by atoms with Crippen LogP contribution in [0.1, 0.15) is 13.8 Å². The summed E-state index contributed by atoms with van der Waals surface area (Å²) in [6, 6.07) is 0. The van der Waals surface area contributed by atoms with Crippen molar-refractivity contribution in [2.24, 2.45) is 9.98 Å². The third-order valence-electron chi connectivity index (χ3n) is 1.03. The summed E-state index contributed by atoms with van der Waals surface area (Å²) in [6.45, 7) is 4.17. The first-order valence-electron chi connectivity index (χ1n) is 4.34. The Bertz CT molecular complexity index is 243. The van der Waals surface area contributed by atoms with Crippen LogP contribution in [0.25, 0.3) is 0 Å². The molecule has 0 spiro atoms. The van der Waals surface area contributed by atoms with E-state index in [1.165, 1.54) is 11.8 Å². The third-order valence-corrected chi connectivity index (χ3v) is 1.59. The Morgan fingerprint density at radius 1 is 1.40 bits per heavy atom. The first-order valence-corrected chi connectivity index (χ1v) is 5.57. The van der Waals surface area contributed by atoms with E-state index in [-0.39, 0.29) is 11.8 Å². The molecule has 0 unspecified atom stereocenters. The minimum absolute atomic E-state index is 0.244. The minimum Gasteiger partial charge on any atom is -0.448 e. The van der Waals surface area contributed by atoms with Crippen LogP contribution in [0.15, 0.2) is 9.98 Å². The molecule has 1 amide bonds. The van der Waals surface area contributed by atoms with Crippen LogP contribution in [0, 0.1) is 0 Å². The van der Waals surface area contributed by atoms with E-state index in [1.54, 1.807) is 20.1 Å². The highest BCUT2D eigenvalue weighted by Crippen LogP contribution is 2.00. The van der Waals surface area contributed by atoms with E-state index >= 15 is 0 Å². The molecule has 0 radical (unpaired) electrons. The largest absolute Gasteiger partial charge is 0.448 e. The molecule has 0 aromatic heterocycles. The van der Waals surface area contributed by atoms with Gasteiger partial charge in [-0.1, -0.05) is 11.8 Å². The molecule has 0 heterocycles. The lowest BCUT2D eigenvalue weighted by atomic mass is 10.9. The molecule has 6 nitrogen and oxygen atoms in total. The van der Waals surface area contributed by atoms with Gasteiger partial charge in [-0.05, 0) is 20.1 Å². The lowest BCUT2D eigenvalue weighted by Crippen LogP contribution is -2.01. The molecular weight excluding hydrogens is 220 g/mol. The van der Waals surface area contributed by atoms with Gasteiger partial charge in [-0.2, -0.15) is 9.88 Å². The van der Waals surface area contributed by atoms with Gasteiger partial charge in [-0.15, -0.1) is 4.99 Å². The smallest absolute Gasteiger partial charge is 0.436 e. The molecule has 0 rings (SSSR count). The standard InChI is InChI=1S/C8H14N2O4S/c1-4-12-8(11)10-7(15-3)9-6-14-13-5-2/h6H,4-5H2,1-3H3/b9-6+,10-7-. The third kappa shape index (κ3) is 7.95. The molecule has 15 heavy (non-hydrogen) atoms. The fourth-order valence-corrected chi connectivity index (χ4v) is 0.840. The molecule has 0 aliphatic rings. The highest BCUT2D eigenvalue weighted by atomic mass is 32.2. The van der Waals surface area contributed by atoms with Gasteiger partial charge in [0.1, 0.15) is 0 Å². The van der Waals surface area contributed by atoms with Gasteiger partial charge in [-0.3, -0.25) is 0 Å². The van der Waals surface area contributed by atoms with Gasteiger partial charge in [0.15, 0.2) is 5.17 Å². The van der Waals surface area contributed by atoms with Crippen LogP contribution in [-0.4, -0.2) is 37.1 Å². The van der Waals surface area contributed by atoms with E-state index in [4.69, 9.17) is 0 Å². The zero-order chi connectivity index (χ0) is 11.5. The van der Waals surface area contributed by atoms with Gasteiger partial charge >= 0.3 is 6.09 Å². The van der Waals surface area contributed by atoms with E-state index in [2.05, 4.69) is 24.5 Å². The first-order chi connectivity index (χ1) is 7.24. The molecule has 0 aliphatic carbocycles. The first kappa shape index (κ1) is 13.9. The number of carbonyl (C=O) groups is 1. The molecule has 0 aliphatic heterocycles. The van der Waals surface area contributed by atoms with Gasteiger partial charge in [-0.25, -0.2) is 4.79 Å². The van der Waals surface area contributed by atoms with Crippen LogP contribution >= 0.6 is 11.8 Å². The van der Waals surface area contributed by atoms with Gasteiger partial charge in [0.2, 0.25) is 6.40 Å². The summed E-state index contributed by atoms with van der Waals surface area (Å²) in [5.41, 5.74) is 0. The Labute approximate surface area is 92.6 Å². The Kier molecular flexibility index (Phi) is 8.79. The van der Waals surface area contributed by atoms with Gasteiger partial charge in [0.05, 0.1) is 13.2 Å². The number of amidine groups is 1. The molecule has 86 valence electrons. The Morgan fingerprint density at radius 2 is 2.13 bits per heavy atom. The molecule has 0 bridgehead atoms.